The fraction of sp³-hybridized carbons (Fsp3) is 0.357. The summed E-state index contributed by atoms with van der Waals surface area (Å²) in [6, 6.07) is 6.98. The van der Waals surface area contributed by atoms with E-state index >= 15 is 0 Å². The smallest absolute Gasteiger partial charge is 0.123 e. The topological polar surface area (TPSA) is 29.9 Å². The minimum atomic E-state index is -0.225. The Hall–Kier alpha value is -1.33. The number of nitrogens with one attached hydrogen (secondary N) is 1. The average molecular weight is 277 g/mol. The van der Waals surface area contributed by atoms with Crippen LogP contribution in [0.2, 0.25) is 0 Å². The van der Waals surface area contributed by atoms with E-state index in [1.807, 2.05) is 24.2 Å². The Bertz CT molecular complexity index is 532. The Balaban J connectivity index is 1.63. The van der Waals surface area contributed by atoms with Crippen LogP contribution in [-0.2, 0) is 6.54 Å². The first-order valence-electron chi connectivity index (χ1n) is 6.42. The van der Waals surface area contributed by atoms with Crippen molar-refractivity contribution in [1.82, 2.24) is 15.1 Å². The lowest BCUT2D eigenvalue weighted by molar-refractivity contribution is 0.558. The maximum Gasteiger partial charge on any atom is 0.123 e. The minimum absolute atomic E-state index is 0.225. The Morgan fingerprint density at radius 3 is 2.95 bits per heavy atom. The van der Waals surface area contributed by atoms with Gasteiger partial charge in [-0.3, -0.25) is 0 Å². The second-order valence-electron chi connectivity index (χ2n) is 4.71. The molecule has 19 heavy (non-hydrogen) atoms. The molecule has 2 aromatic rings. The van der Waals surface area contributed by atoms with E-state index < -0.39 is 0 Å². The maximum absolute atomic E-state index is 12.9. The van der Waals surface area contributed by atoms with Crippen molar-refractivity contribution >= 4 is 11.8 Å². The summed E-state index contributed by atoms with van der Waals surface area (Å²) in [5.41, 5.74) is 2.03. The number of hydrogen-bond donors (Lipinski definition) is 1. The molecule has 1 aromatic carbocycles. The fourth-order valence-electron chi connectivity index (χ4n) is 2.14. The predicted octanol–water partition coefficient (Wildman–Crippen LogP) is 2.61. The molecule has 0 radical (unpaired) electrons. The van der Waals surface area contributed by atoms with Gasteiger partial charge in [-0.25, -0.2) is 9.07 Å². The van der Waals surface area contributed by atoms with E-state index in [0.717, 1.165) is 17.8 Å². The third-order valence-corrected chi connectivity index (χ3v) is 4.41. The maximum atomic E-state index is 12.9. The van der Waals surface area contributed by atoms with Crippen molar-refractivity contribution in [2.24, 2.45) is 0 Å². The highest BCUT2D eigenvalue weighted by Gasteiger charge is 2.14. The molecular weight excluding hydrogens is 261 g/mol. The first-order chi connectivity index (χ1) is 9.31. The van der Waals surface area contributed by atoms with Gasteiger partial charge in [-0.15, -0.1) is 0 Å². The Morgan fingerprint density at radius 2 is 2.21 bits per heavy atom. The molecule has 1 fully saturated rings. The molecule has 1 N–H and O–H groups in total. The zero-order chi connectivity index (χ0) is 13.1. The summed E-state index contributed by atoms with van der Waals surface area (Å²) in [6.45, 7) is 0.840. The molecule has 0 bridgehead atoms. The van der Waals surface area contributed by atoms with E-state index in [1.165, 1.54) is 30.1 Å². The van der Waals surface area contributed by atoms with Crippen molar-refractivity contribution in [3.63, 3.8) is 0 Å². The third-order valence-electron chi connectivity index (χ3n) is 3.25. The quantitative estimate of drug-likeness (QED) is 0.931. The molecule has 3 nitrogen and oxygen atoms in total. The largest absolute Gasteiger partial charge is 0.309 e. The SMILES string of the molecule is Fc1ccc(-n2cc(CNC3CCSC3)cn2)cc1. The van der Waals surface area contributed by atoms with E-state index in [2.05, 4.69) is 10.4 Å². The van der Waals surface area contributed by atoms with Crippen LogP contribution in [0.5, 0.6) is 0 Å². The molecule has 0 spiro atoms. The first kappa shape index (κ1) is 12.7. The molecule has 1 saturated heterocycles. The molecule has 0 aliphatic carbocycles. The second-order valence-corrected chi connectivity index (χ2v) is 5.86. The predicted molar refractivity (Wildman–Crippen MR) is 76.1 cm³/mol. The Kier molecular flexibility index (Phi) is 3.84. The lowest BCUT2D eigenvalue weighted by atomic mass is 10.2. The molecule has 2 heterocycles. The van der Waals surface area contributed by atoms with Crippen molar-refractivity contribution < 1.29 is 4.39 Å². The van der Waals surface area contributed by atoms with Gasteiger partial charge >= 0.3 is 0 Å². The summed E-state index contributed by atoms with van der Waals surface area (Å²) < 4.78 is 14.6. The van der Waals surface area contributed by atoms with Gasteiger partial charge in [0, 0.05) is 30.1 Å². The summed E-state index contributed by atoms with van der Waals surface area (Å²) in [5.74, 6) is 2.23. The van der Waals surface area contributed by atoms with Gasteiger partial charge in [0.25, 0.3) is 0 Å². The highest BCUT2D eigenvalue weighted by molar-refractivity contribution is 7.99. The summed E-state index contributed by atoms with van der Waals surface area (Å²) in [7, 11) is 0. The van der Waals surface area contributed by atoms with Crippen LogP contribution in [0.3, 0.4) is 0 Å². The number of benzene rings is 1. The number of nitrogens with zero attached hydrogens (tertiary/aromatic N) is 2. The monoisotopic (exact) mass is 277 g/mol. The molecule has 1 aromatic heterocycles. The fourth-order valence-corrected chi connectivity index (χ4v) is 3.33. The van der Waals surface area contributed by atoms with Crippen molar-refractivity contribution in [1.29, 1.82) is 0 Å². The van der Waals surface area contributed by atoms with Crippen molar-refractivity contribution in [2.75, 3.05) is 11.5 Å². The lowest BCUT2D eigenvalue weighted by Crippen LogP contribution is -2.27. The molecular formula is C14H16FN3S. The van der Waals surface area contributed by atoms with Gasteiger partial charge in [0.05, 0.1) is 11.9 Å². The van der Waals surface area contributed by atoms with E-state index in [4.69, 9.17) is 0 Å². The Labute approximate surface area is 116 Å². The highest BCUT2D eigenvalue weighted by Crippen LogP contribution is 2.17. The normalized spacial score (nSPS) is 18.9. The summed E-state index contributed by atoms with van der Waals surface area (Å²) in [5, 5.41) is 7.85. The van der Waals surface area contributed by atoms with Crippen LogP contribution in [0.1, 0.15) is 12.0 Å². The van der Waals surface area contributed by atoms with E-state index in [9.17, 15) is 4.39 Å². The van der Waals surface area contributed by atoms with E-state index in [1.54, 1.807) is 16.8 Å². The molecule has 1 aliphatic heterocycles. The third kappa shape index (κ3) is 3.16. The number of aromatic nitrogens is 2. The molecule has 0 saturated carbocycles. The second kappa shape index (κ2) is 5.75. The molecule has 1 atom stereocenters. The Morgan fingerprint density at radius 1 is 1.37 bits per heavy atom. The number of thioether (sulfide) groups is 1. The van der Waals surface area contributed by atoms with Gasteiger partial charge in [-0.1, -0.05) is 0 Å². The molecule has 5 heteroatoms. The van der Waals surface area contributed by atoms with Crippen LogP contribution in [-0.4, -0.2) is 27.3 Å². The van der Waals surface area contributed by atoms with Crippen molar-refractivity contribution in [3.8, 4) is 5.69 Å². The minimum Gasteiger partial charge on any atom is -0.309 e. The van der Waals surface area contributed by atoms with Gasteiger partial charge in [0.2, 0.25) is 0 Å². The van der Waals surface area contributed by atoms with Crippen LogP contribution in [0, 0.1) is 5.82 Å². The van der Waals surface area contributed by atoms with Crippen LogP contribution in [0.4, 0.5) is 4.39 Å². The molecule has 0 amide bonds. The summed E-state index contributed by atoms with van der Waals surface area (Å²) in [4.78, 5) is 0. The van der Waals surface area contributed by atoms with Crippen LogP contribution >= 0.6 is 11.8 Å². The van der Waals surface area contributed by atoms with E-state index in [-0.39, 0.29) is 5.82 Å². The number of hydrogen-bond acceptors (Lipinski definition) is 3. The van der Waals surface area contributed by atoms with Gasteiger partial charge in [-0.2, -0.15) is 16.9 Å². The van der Waals surface area contributed by atoms with E-state index in [0.29, 0.717) is 6.04 Å². The number of halogens is 1. The summed E-state index contributed by atoms with van der Waals surface area (Å²) >= 11 is 2.00. The van der Waals surface area contributed by atoms with Gasteiger partial charge in [0.1, 0.15) is 5.82 Å². The standard InChI is InChI=1S/C14H16FN3S/c15-12-1-3-14(4-2-12)18-9-11(8-17-18)7-16-13-5-6-19-10-13/h1-4,8-9,13,16H,5-7,10H2. The first-order valence-corrected chi connectivity index (χ1v) is 7.57. The van der Waals surface area contributed by atoms with Crippen LogP contribution in [0.15, 0.2) is 36.7 Å². The molecule has 1 unspecified atom stereocenters. The number of rotatable bonds is 4. The van der Waals surface area contributed by atoms with Crippen LogP contribution < -0.4 is 5.32 Å². The van der Waals surface area contributed by atoms with Gasteiger partial charge in [-0.05, 0) is 36.4 Å². The zero-order valence-corrected chi connectivity index (χ0v) is 11.4. The van der Waals surface area contributed by atoms with Gasteiger partial charge < -0.3 is 5.32 Å². The van der Waals surface area contributed by atoms with Gasteiger partial charge in [0.15, 0.2) is 0 Å². The molecule has 100 valence electrons. The summed E-state index contributed by atoms with van der Waals surface area (Å²) in [6.07, 6.45) is 5.09. The van der Waals surface area contributed by atoms with Crippen molar-refractivity contribution in [3.05, 3.63) is 48.0 Å². The average Bonchev–Trinajstić information content (AvgIpc) is 3.09. The lowest BCUT2D eigenvalue weighted by Gasteiger charge is -2.09. The molecule has 3 rings (SSSR count). The highest BCUT2D eigenvalue weighted by atomic mass is 32.2. The van der Waals surface area contributed by atoms with Crippen molar-refractivity contribution in [2.45, 2.75) is 19.0 Å². The zero-order valence-electron chi connectivity index (χ0n) is 10.6. The molecule has 1 aliphatic rings. The van der Waals surface area contributed by atoms with Crippen LogP contribution in [0.25, 0.3) is 5.69 Å².